The minimum Gasteiger partial charge on any atom is -0.377 e. The summed E-state index contributed by atoms with van der Waals surface area (Å²) in [5.41, 5.74) is 0.822. The van der Waals surface area contributed by atoms with Crippen molar-refractivity contribution in [3.8, 4) is 0 Å². The molecule has 1 aliphatic rings. The Hall–Kier alpha value is -0.970. The van der Waals surface area contributed by atoms with E-state index in [2.05, 4.69) is 26.2 Å². The van der Waals surface area contributed by atoms with Crippen LogP contribution in [0.15, 0.2) is 35.1 Å². The number of rotatable bonds is 2. The Morgan fingerprint density at radius 1 is 1.50 bits per heavy atom. The lowest BCUT2D eigenvalue weighted by atomic mass is 10.00. The van der Waals surface area contributed by atoms with Crippen molar-refractivity contribution in [1.82, 2.24) is 4.98 Å². The van der Waals surface area contributed by atoms with E-state index >= 15 is 0 Å². The van der Waals surface area contributed by atoms with Gasteiger partial charge in [0.15, 0.2) is 0 Å². The maximum Gasteiger partial charge on any atom is 0.266 e. The van der Waals surface area contributed by atoms with Crippen LogP contribution in [-0.4, -0.2) is 16.9 Å². The Bertz CT molecular complexity index is 407. The van der Waals surface area contributed by atoms with Gasteiger partial charge in [0.25, 0.3) is 5.92 Å². The van der Waals surface area contributed by atoms with Gasteiger partial charge in [-0.25, -0.2) is 13.8 Å². The minimum atomic E-state index is -2.65. The van der Waals surface area contributed by atoms with Crippen molar-refractivity contribution < 1.29 is 8.78 Å². The lowest BCUT2D eigenvalue weighted by Gasteiger charge is -2.24. The molecule has 86 valence electrons. The third-order valence-electron chi connectivity index (χ3n) is 2.46. The number of anilines is 1. The first kappa shape index (κ1) is 11.5. The number of nitrogens with zero attached hydrogens (tertiary/aromatic N) is 1. The summed E-state index contributed by atoms with van der Waals surface area (Å²) in [6.07, 6.45) is 4.46. The average molecular weight is 289 g/mol. The molecule has 1 aliphatic carbocycles. The molecule has 0 bridgehead atoms. The van der Waals surface area contributed by atoms with Gasteiger partial charge in [-0.2, -0.15) is 0 Å². The van der Waals surface area contributed by atoms with E-state index in [1.54, 1.807) is 12.3 Å². The third-order valence-corrected chi connectivity index (χ3v) is 3.09. The van der Waals surface area contributed by atoms with Crippen LogP contribution in [-0.2, 0) is 0 Å². The highest BCUT2D eigenvalue weighted by molar-refractivity contribution is 9.10. The van der Waals surface area contributed by atoms with Crippen molar-refractivity contribution in [2.45, 2.75) is 24.8 Å². The number of allylic oxidation sites excluding steroid dienone is 1. The number of nitrogens with one attached hydrogen (secondary N) is 1. The zero-order valence-electron chi connectivity index (χ0n) is 8.46. The van der Waals surface area contributed by atoms with Crippen molar-refractivity contribution in [3.05, 3.63) is 35.1 Å². The molecule has 0 aliphatic heterocycles. The van der Waals surface area contributed by atoms with Crippen LogP contribution in [0.4, 0.5) is 14.5 Å². The van der Waals surface area contributed by atoms with Gasteiger partial charge in [-0.05, 0) is 40.6 Å². The minimum absolute atomic E-state index is 0.0554. The summed E-state index contributed by atoms with van der Waals surface area (Å²) in [4.78, 5) is 4.06. The van der Waals surface area contributed by atoms with Gasteiger partial charge in [-0.3, -0.25) is 0 Å². The van der Waals surface area contributed by atoms with E-state index in [-0.39, 0.29) is 12.5 Å². The van der Waals surface area contributed by atoms with Gasteiger partial charge < -0.3 is 5.32 Å². The lowest BCUT2D eigenvalue weighted by Crippen LogP contribution is -2.27. The molecule has 2 rings (SSSR count). The molecule has 0 spiro atoms. The van der Waals surface area contributed by atoms with E-state index in [1.807, 2.05) is 6.07 Å². The lowest BCUT2D eigenvalue weighted by molar-refractivity contribution is 0.0378. The second-order valence-corrected chi connectivity index (χ2v) is 4.50. The number of halogens is 3. The van der Waals surface area contributed by atoms with Crippen molar-refractivity contribution in [2.75, 3.05) is 5.32 Å². The molecular formula is C11H11BrF2N2. The molecule has 0 amide bonds. The summed E-state index contributed by atoms with van der Waals surface area (Å²) in [6.45, 7) is 0. The molecule has 1 N–H and O–H groups in total. The predicted molar refractivity (Wildman–Crippen MR) is 62.7 cm³/mol. The molecule has 0 fully saturated rings. The molecule has 1 atom stereocenters. The predicted octanol–water partition coefficient (Wildman–Crippen LogP) is 3.61. The number of hydrogen-bond donors (Lipinski definition) is 1. The number of pyridine rings is 1. The maximum absolute atomic E-state index is 12.9. The van der Waals surface area contributed by atoms with Crippen LogP contribution in [0.1, 0.15) is 12.8 Å². The fourth-order valence-corrected chi connectivity index (χ4v) is 1.96. The first-order chi connectivity index (χ1) is 7.57. The quantitative estimate of drug-likeness (QED) is 0.664. The van der Waals surface area contributed by atoms with Crippen LogP contribution in [0.3, 0.4) is 0 Å². The molecule has 0 aromatic carbocycles. The van der Waals surface area contributed by atoms with E-state index in [9.17, 15) is 8.78 Å². The van der Waals surface area contributed by atoms with Crippen LogP contribution >= 0.6 is 15.9 Å². The van der Waals surface area contributed by atoms with Crippen LogP contribution in [0.2, 0.25) is 0 Å². The summed E-state index contributed by atoms with van der Waals surface area (Å²) < 4.78 is 26.4. The Labute approximate surface area is 101 Å². The zero-order valence-corrected chi connectivity index (χ0v) is 10.0. The summed E-state index contributed by atoms with van der Waals surface area (Å²) in [6, 6.07) is 3.60. The van der Waals surface area contributed by atoms with Crippen LogP contribution < -0.4 is 5.32 Å². The van der Waals surface area contributed by atoms with E-state index in [1.165, 1.54) is 6.08 Å². The topological polar surface area (TPSA) is 24.9 Å². The highest BCUT2D eigenvalue weighted by atomic mass is 79.9. The Kier molecular flexibility index (Phi) is 3.23. The summed E-state index contributed by atoms with van der Waals surface area (Å²) >= 11 is 3.30. The SMILES string of the molecule is FC1(F)C=CC(Nc2cccnc2Br)CC1. The molecule has 1 aromatic heterocycles. The second kappa shape index (κ2) is 4.49. The average Bonchev–Trinajstić information content (AvgIpc) is 2.24. The van der Waals surface area contributed by atoms with Gasteiger partial charge in [0, 0.05) is 18.7 Å². The van der Waals surface area contributed by atoms with E-state index in [0.717, 1.165) is 11.8 Å². The van der Waals surface area contributed by atoms with Gasteiger partial charge in [0.05, 0.1) is 5.69 Å². The van der Waals surface area contributed by atoms with Crippen molar-refractivity contribution in [2.24, 2.45) is 0 Å². The summed E-state index contributed by atoms with van der Waals surface area (Å²) in [5.74, 6) is -2.65. The number of hydrogen-bond acceptors (Lipinski definition) is 2. The standard InChI is InChI=1S/C11H11BrF2N2/c12-10-9(2-1-7-15-10)16-8-3-5-11(13,14)6-4-8/h1-3,5,7-8,16H,4,6H2. The third kappa shape index (κ3) is 2.78. The molecule has 5 heteroatoms. The fourth-order valence-electron chi connectivity index (χ4n) is 1.60. The molecule has 1 unspecified atom stereocenters. The fraction of sp³-hybridized carbons (Fsp3) is 0.364. The van der Waals surface area contributed by atoms with Gasteiger partial charge in [0.1, 0.15) is 4.60 Å². The van der Waals surface area contributed by atoms with Gasteiger partial charge in [0.2, 0.25) is 0 Å². The second-order valence-electron chi connectivity index (χ2n) is 3.75. The monoisotopic (exact) mass is 288 g/mol. The van der Waals surface area contributed by atoms with Crippen molar-refractivity contribution in [1.29, 1.82) is 0 Å². The van der Waals surface area contributed by atoms with E-state index < -0.39 is 5.92 Å². The summed E-state index contributed by atoms with van der Waals surface area (Å²) in [5, 5.41) is 3.16. The number of aromatic nitrogens is 1. The van der Waals surface area contributed by atoms with E-state index in [0.29, 0.717) is 11.0 Å². The molecule has 0 radical (unpaired) electrons. The van der Waals surface area contributed by atoms with Gasteiger partial charge in [-0.15, -0.1) is 0 Å². The van der Waals surface area contributed by atoms with Crippen LogP contribution in [0.5, 0.6) is 0 Å². The molecule has 1 aromatic rings. The van der Waals surface area contributed by atoms with E-state index in [4.69, 9.17) is 0 Å². The van der Waals surface area contributed by atoms with Crippen LogP contribution in [0, 0.1) is 0 Å². The Balaban J connectivity index is 2.05. The largest absolute Gasteiger partial charge is 0.377 e. The summed E-state index contributed by atoms with van der Waals surface area (Å²) in [7, 11) is 0. The van der Waals surface area contributed by atoms with Crippen molar-refractivity contribution >= 4 is 21.6 Å². The van der Waals surface area contributed by atoms with Gasteiger partial charge in [-0.1, -0.05) is 6.08 Å². The van der Waals surface area contributed by atoms with Crippen molar-refractivity contribution in [3.63, 3.8) is 0 Å². The molecular weight excluding hydrogens is 278 g/mol. The normalized spacial score (nSPS) is 23.1. The number of alkyl halides is 2. The highest BCUT2D eigenvalue weighted by Gasteiger charge is 2.29. The highest BCUT2D eigenvalue weighted by Crippen LogP contribution is 2.29. The first-order valence-corrected chi connectivity index (χ1v) is 5.80. The smallest absolute Gasteiger partial charge is 0.266 e. The molecule has 0 saturated carbocycles. The Morgan fingerprint density at radius 2 is 2.31 bits per heavy atom. The van der Waals surface area contributed by atoms with Crippen LogP contribution in [0.25, 0.3) is 0 Å². The first-order valence-electron chi connectivity index (χ1n) is 5.01. The van der Waals surface area contributed by atoms with Gasteiger partial charge >= 0.3 is 0 Å². The Morgan fingerprint density at radius 3 is 2.94 bits per heavy atom. The molecule has 16 heavy (non-hydrogen) atoms. The zero-order chi connectivity index (χ0) is 11.6. The molecule has 0 saturated heterocycles. The maximum atomic E-state index is 12.9. The molecule has 1 heterocycles. The molecule has 2 nitrogen and oxygen atoms in total.